The molecule has 1 aromatic carbocycles. The van der Waals surface area contributed by atoms with Crippen LogP contribution in [0, 0.1) is 0 Å². The van der Waals surface area contributed by atoms with Crippen molar-refractivity contribution >= 4 is 17.5 Å². The Labute approximate surface area is 117 Å². The van der Waals surface area contributed by atoms with E-state index in [0.29, 0.717) is 10.8 Å². The first kappa shape index (κ1) is 14.1. The molecule has 1 amide bonds. The third kappa shape index (κ3) is 4.38. The van der Waals surface area contributed by atoms with E-state index in [4.69, 9.17) is 21.2 Å². The quantitative estimate of drug-likeness (QED) is 0.805. The lowest BCUT2D eigenvalue weighted by atomic mass is 10.3. The predicted octanol–water partition coefficient (Wildman–Crippen LogP) is 1.52. The smallest absolute Gasteiger partial charge is 0.284 e. The molecular formula is C13H17ClN2O3. The van der Waals surface area contributed by atoms with E-state index in [0.717, 1.165) is 19.5 Å². The second-order valence-electron chi connectivity index (χ2n) is 4.41. The van der Waals surface area contributed by atoms with Crippen LogP contribution in [0.25, 0.3) is 0 Å². The van der Waals surface area contributed by atoms with Gasteiger partial charge in [0.05, 0.1) is 6.10 Å². The fraction of sp³-hybridized carbons (Fsp3) is 0.462. The lowest BCUT2D eigenvalue weighted by molar-refractivity contribution is -0.144. The van der Waals surface area contributed by atoms with Gasteiger partial charge < -0.3 is 10.1 Å². The summed E-state index contributed by atoms with van der Waals surface area (Å²) in [5, 5.41) is 3.78. The number of benzene rings is 1. The molecule has 6 heteroatoms. The van der Waals surface area contributed by atoms with Gasteiger partial charge in [0.2, 0.25) is 0 Å². The van der Waals surface area contributed by atoms with Gasteiger partial charge in [-0.2, -0.15) is 0 Å². The van der Waals surface area contributed by atoms with Gasteiger partial charge in [-0.05, 0) is 44.2 Å². The van der Waals surface area contributed by atoms with Crippen LogP contribution in [0.15, 0.2) is 24.3 Å². The van der Waals surface area contributed by atoms with E-state index in [-0.39, 0.29) is 12.0 Å². The highest BCUT2D eigenvalue weighted by Gasteiger charge is 2.19. The number of ether oxygens (including phenoxy) is 1. The van der Waals surface area contributed by atoms with Gasteiger partial charge in [-0.1, -0.05) is 11.6 Å². The minimum Gasteiger partial charge on any atom is -0.481 e. The topological polar surface area (TPSA) is 59.6 Å². The van der Waals surface area contributed by atoms with Gasteiger partial charge in [-0.15, -0.1) is 0 Å². The van der Waals surface area contributed by atoms with E-state index in [1.165, 1.54) is 0 Å². The summed E-state index contributed by atoms with van der Waals surface area (Å²) in [6.45, 7) is 3.34. The summed E-state index contributed by atoms with van der Waals surface area (Å²) < 4.78 is 5.48. The van der Waals surface area contributed by atoms with Crippen LogP contribution in [-0.4, -0.2) is 31.2 Å². The van der Waals surface area contributed by atoms with Crippen LogP contribution >= 0.6 is 11.6 Å². The Bertz CT molecular complexity index is 418. The van der Waals surface area contributed by atoms with Gasteiger partial charge >= 0.3 is 0 Å². The molecule has 0 bridgehead atoms. The molecule has 0 radical (unpaired) electrons. The number of hydrogen-bond acceptors (Lipinski definition) is 4. The first-order chi connectivity index (χ1) is 9.15. The van der Waals surface area contributed by atoms with Crippen LogP contribution < -0.4 is 15.5 Å². The van der Waals surface area contributed by atoms with E-state index in [2.05, 4.69) is 10.8 Å². The summed E-state index contributed by atoms with van der Waals surface area (Å²) >= 11 is 5.77. The maximum absolute atomic E-state index is 11.8. The second kappa shape index (κ2) is 6.75. The molecule has 1 saturated heterocycles. The minimum absolute atomic E-state index is 0.0340. The third-order valence-electron chi connectivity index (χ3n) is 2.84. The zero-order chi connectivity index (χ0) is 13.7. The number of halogens is 1. The molecule has 0 spiro atoms. The van der Waals surface area contributed by atoms with Gasteiger partial charge in [0, 0.05) is 11.6 Å². The average molecular weight is 285 g/mol. The Hall–Kier alpha value is -1.30. The fourth-order valence-electron chi connectivity index (χ4n) is 1.72. The second-order valence-corrected chi connectivity index (χ2v) is 4.85. The molecule has 104 valence electrons. The summed E-state index contributed by atoms with van der Waals surface area (Å²) in [6, 6.07) is 6.85. The molecule has 1 unspecified atom stereocenters. The van der Waals surface area contributed by atoms with Crippen LogP contribution in [0.4, 0.5) is 0 Å². The summed E-state index contributed by atoms with van der Waals surface area (Å²) in [4.78, 5) is 17.0. The standard InChI is InChI=1S/C13H17ClN2O3/c1-9(18-11-4-2-10(14)3-5-11)13(17)16-19-12-6-7-15-8-12/h2-5,9,12,15H,6-8H2,1H3,(H,16,17)/t9-,12?/m0/s1. The van der Waals surface area contributed by atoms with E-state index in [1.807, 2.05) is 0 Å². The first-order valence-electron chi connectivity index (χ1n) is 6.23. The van der Waals surface area contributed by atoms with Crippen molar-refractivity contribution in [2.45, 2.75) is 25.6 Å². The van der Waals surface area contributed by atoms with Gasteiger partial charge in [-0.3, -0.25) is 9.63 Å². The number of rotatable bonds is 5. The third-order valence-corrected chi connectivity index (χ3v) is 3.09. The molecule has 1 aromatic rings. The Kier molecular flexibility index (Phi) is 5.01. The summed E-state index contributed by atoms with van der Waals surface area (Å²) in [5.74, 6) is 0.288. The van der Waals surface area contributed by atoms with Gasteiger partial charge in [-0.25, -0.2) is 5.48 Å². The van der Waals surface area contributed by atoms with E-state index >= 15 is 0 Å². The molecule has 1 aliphatic heterocycles. The molecular weight excluding hydrogens is 268 g/mol. The fourth-order valence-corrected chi connectivity index (χ4v) is 1.85. The van der Waals surface area contributed by atoms with E-state index < -0.39 is 6.10 Å². The van der Waals surface area contributed by atoms with Gasteiger partial charge in [0.25, 0.3) is 5.91 Å². The van der Waals surface area contributed by atoms with Crippen LogP contribution in [0.1, 0.15) is 13.3 Å². The highest BCUT2D eigenvalue weighted by molar-refractivity contribution is 6.30. The number of nitrogens with one attached hydrogen (secondary N) is 2. The van der Waals surface area contributed by atoms with Crippen molar-refractivity contribution in [1.82, 2.24) is 10.8 Å². The number of amides is 1. The maximum atomic E-state index is 11.8. The van der Waals surface area contributed by atoms with Crippen molar-refractivity contribution in [1.29, 1.82) is 0 Å². The highest BCUT2D eigenvalue weighted by Crippen LogP contribution is 2.16. The molecule has 0 aliphatic carbocycles. The molecule has 5 nitrogen and oxygen atoms in total. The largest absolute Gasteiger partial charge is 0.481 e. The lowest BCUT2D eigenvalue weighted by Crippen LogP contribution is -2.39. The Balaban J connectivity index is 1.76. The van der Waals surface area contributed by atoms with Crippen molar-refractivity contribution in [3.05, 3.63) is 29.3 Å². The SMILES string of the molecule is C[C@H](Oc1ccc(Cl)cc1)C(=O)NOC1CCNC1. The van der Waals surface area contributed by atoms with Gasteiger partial charge in [0.15, 0.2) is 6.10 Å². The molecule has 19 heavy (non-hydrogen) atoms. The van der Waals surface area contributed by atoms with Crippen molar-refractivity contribution in [3.63, 3.8) is 0 Å². The molecule has 1 heterocycles. The van der Waals surface area contributed by atoms with E-state index in [1.54, 1.807) is 31.2 Å². The predicted molar refractivity (Wildman–Crippen MR) is 72.0 cm³/mol. The molecule has 2 N–H and O–H groups in total. The number of carbonyl (C=O) groups is 1. The number of carbonyl (C=O) groups excluding carboxylic acids is 1. The zero-order valence-corrected chi connectivity index (χ0v) is 11.4. The lowest BCUT2D eigenvalue weighted by Gasteiger charge is -2.16. The van der Waals surface area contributed by atoms with Crippen LogP contribution in [-0.2, 0) is 9.63 Å². The Morgan fingerprint density at radius 3 is 2.84 bits per heavy atom. The summed E-state index contributed by atoms with van der Waals surface area (Å²) in [5.41, 5.74) is 2.43. The first-order valence-corrected chi connectivity index (χ1v) is 6.61. The molecule has 0 saturated carbocycles. The number of hydroxylamine groups is 1. The summed E-state index contributed by atoms with van der Waals surface area (Å²) in [6.07, 6.45) is 0.300. The van der Waals surface area contributed by atoms with Crippen LogP contribution in [0.5, 0.6) is 5.75 Å². The molecule has 1 aliphatic rings. The molecule has 1 fully saturated rings. The summed E-state index contributed by atoms with van der Waals surface area (Å²) in [7, 11) is 0. The average Bonchev–Trinajstić information content (AvgIpc) is 2.91. The van der Waals surface area contributed by atoms with Crippen molar-refractivity contribution in [2.24, 2.45) is 0 Å². The highest BCUT2D eigenvalue weighted by atomic mass is 35.5. The Morgan fingerprint density at radius 1 is 1.47 bits per heavy atom. The van der Waals surface area contributed by atoms with Gasteiger partial charge in [0.1, 0.15) is 5.75 Å². The zero-order valence-electron chi connectivity index (χ0n) is 10.7. The minimum atomic E-state index is -0.629. The normalized spacial score (nSPS) is 20.0. The van der Waals surface area contributed by atoms with Crippen molar-refractivity contribution < 1.29 is 14.4 Å². The van der Waals surface area contributed by atoms with Crippen molar-refractivity contribution in [2.75, 3.05) is 13.1 Å². The monoisotopic (exact) mass is 284 g/mol. The van der Waals surface area contributed by atoms with Crippen LogP contribution in [0.3, 0.4) is 0 Å². The molecule has 0 aromatic heterocycles. The van der Waals surface area contributed by atoms with Crippen LogP contribution in [0.2, 0.25) is 5.02 Å². The molecule has 2 rings (SSSR count). The van der Waals surface area contributed by atoms with E-state index in [9.17, 15) is 4.79 Å². The Morgan fingerprint density at radius 2 is 2.21 bits per heavy atom. The molecule has 2 atom stereocenters. The van der Waals surface area contributed by atoms with Crippen molar-refractivity contribution in [3.8, 4) is 5.75 Å². The maximum Gasteiger partial charge on any atom is 0.284 e. The number of hydrogen-bond donors (Lipinski definition) is 2.